The number of sulfone groups is 1. The number of aryl methyl sites for hydroxylation is 1. The summed E-state index contributed by atoms with van der Waals surface area (Å²) in [4.78, 5) is 12.4. The van der Waals surface area contributed by atoms with E-state index in [4.69, 9.17) is 0 Å². The molecule has 0 saturated carbocycles. The molecule has 1 N–H and O–H groups in total. The fraction of sp³-hybridized carbons (Fsp3) is 0.318. The fourth-order valence-electron chi connectivity index (χ4n) is 3.39. The third-order valence-corrected chi connectivity index (χ3v) is 6.35. The molecule has 2 aromatic carbocycles. The fourth-order valence-corrected chi connectivity index (χ4v) is 4.63. The lowest BCUT2D eigenvalue weighted by Gasteiger charge is -2.15. The number of hydrogen-bond donors (Lipinski definition) is 1. The molecule has 0 unspecified atom stereocenters. The summed E-state index contributed by atoms with van der Waals surface area (Å²) >= 11 is 0. The van der Waals surface area contributed by atoms with Crippen LogP contribution in [0.3, 0.4) is 0 Å². The van der Waals surface area contributed by atoms with Crippen LogP contribution in [-0.2, 0) is 21.2 Å². The Morgan fingerprint density at radius 1 is 1.16 bits per heavy atom. The maximum Gasteiger partial charge on any atom is 0.250 e. The molecular formula is C22H24F2N4O3S. The second kappa shape index (κ2) is 9.56. The molecular weight excluding hydrogens is 438 g/mol. The highest BCUT2D eigenvalue weighted by Crippen LogP contribution is 2.23. The van der Waals surface area contributed by atoms with Gasteiger partial charge in [-0.05, 0) is 32.4 Å². The van der Waals surface area contributed by atoms with Crippen LogP contribution < -0.4 is 5.32 Å². The zero-order valence-electron chi connectivity index (χ0n) is 18.0. The van der Waals surface area contributed by atoms with Gasteiger partial charge in [0, 0.05) is 23.7 Å². The maximum absolute atomic E-state index is 14.0. The van der Waals surface area contributed by atoms with Crippen LogP contribution in [0.1, 0.15) is 37.4 Å². The largest absolute Gasteiger partial charge is 0.349 e. The summed E-state index contributed by atoms with van der Waals surface area (Å²) < 4.78 is 54.5. The number of carbonyl (C=O) groups excluding carboxylic acids is 1. The molecule has 170 valence electrons. The molecule has 0 bridgehead atoms. The lowest BCUT2D eigenvalue weighted by atomic mass is 10.1. The van der Waals surface area contributed by atoms with Gasteiger partial charge in [-0.15, -0.1) is 10.2 Å². The van der Waals surface area contributed by atoms with Gasteiger partial charge >= 0.3 is 0 Å². The van der Waals surface area contributed by atoms with Crippen LogP contribution in [0, 0.1) is 18.6 Å². The third kappa shape index (κ3) is 5.18. The van der Waals surface area contributed by atoms with Crippen molar-refractivity contribution in [2.24, 2.45) is 0 Å². The van der Waals surface area contributed by atoms with Gasteiger partial charge in [0.25, 0.3) is 5.16 Å². The smallest absolute Gasteiger partial charge is 0.250 e. The Morgan fingerprint density at radius 2 is 1.91 bits per heavy atom. The molecule has 3 aromatic rings. The van der Waals surface area contributed by atoms with E-state index in [1.807, 2.05) is 38.1 Å². The zero-order valence-corrected chi connectivity index (χ0v) is 18.8. The van der Waals surface area contributed by atoms with Crippen molar-refractivity contribution in [2.75, 3.05) is 5.75 Å². The number of amides is 1. The number of nitrogens with zero attached hydrogens (tertiary/aromatic N) is 3. The van der Waals surface area contributed by atoms with Gasteiger partial charge in [-0.3, -0.25) is 9.36 Å². The molecule has 32 heavy (non-hydrogen) atoms. The number of halogens is 2. The molecule has 1 amide bonds. The van der Waals surface area contributed by atoms with Crippen molar-refractivity contribution in [1.29, 1.82) is 0 Å². The first kappa shape index (κ1) is 23.5. The molecule has 0 aliphatic carbocycles. The molecule has 1 aromatic heterocycles. The molecule has 0 aliphatic heterocycles. The van der Waals surface area contributed by atoms with Gasteiger partial charge in [-0.25, -0.2) is 17.2 Å². The number of benzene rings is 2. The van der Waals surface area contributed by atoms with Crippen LogP contribution >= 0.6 is 0 Å². The molecule has 0 aliphatic rings. The first-order valence-electron chi connectivity index (χ1n) is 10.1. The lowest BCUT2D eigenvalue weighted by molar-refractivity contribution is -0.119. The van der Waals surface area contributed by atoms with Crippen molar-refractivity contribution in [3.63, 3.8) is 0 Å². The van der Waals surface area contributed by atoms with Gasteiger partial charge in [0.2, 0.25) is 15.7 Å². The highest BCUT2D eigenvalue weighted by Gasteiger charge is 2.28. The topological polar surface area (TPSA) is 93.9 Å². The summed E-state index contributed by atoms with van der Waals surface area (Å²) in [7, 11) is -4.13. The molecule has 3 rings (SSSR count). The van der Waals surface area contributed by atoms with Gasteiger partial charge in [0.15, 0.2) is 5.82 Å². The summed E-state index contributed by atoms with van der Waals surface area (Å²) in [5.41, 5.74) is 1.75. The minimum atomic E-state index is -4.13. The van der Waals surface area contributed by atoms with Crippen molar-refractivity contribution in [3.05, 3.63) is 65.2 Å². The van der Waals surface area contributed by atoms with E-state index in [0.29, 0.717) is 24.9 Å². The molecule has 0 spiro atoms. The van der Waals surface area contributed by atoms with Crippen molar-refractivity contribution < 1.29 is 22.0 Å². The number of hydrogen-bond acceptors (Lipinski definition) is 5. The van der Waals surface area contributed by atoms with Crippen molar-refractivity contribution >= 4 is 15.7 Å². The van der Waals surface area contributed by atoms with Crippen molar-refractivity contribution in [2.45, 2.75) is 44.9 Å². The summed E-state index contributed by atoms with van der Waals surface area (Å²) in [5.74, 6) is -2.88. The quantitative estimate of drug-likeness (QED) is 0.552. The van der Waals surface area contributed by atoms with E-state index in [1.54, 1.807) is 0 Å². The second-order valence-electron chi connectivity index (χ2n) is 7.54. The molecule has 0 saturated heterocycles. The number of carbonyl (C=O) groups is 1. The normalized spacial score (nSPS) is 12.5. The van der Waals surface area contributed by atoms with Crippen molar-refractivity contribution in [3.8, 4) is 11.4 Å². The SMILES string of the molecule is CCCn1c(-c2cccc(C)c2)nnc1S(=O)(=O)CC(=O)N[C@H](C)c1ccc(F)cc1F. The zero-order chi connectivity index (χ0) is 23.5. The molecule has 0 radical (unpaired) electrons. The molecule has 10 heteroatoms. The van der Waals surface area contributed by atoms with Gasteiger partial charge in [0.05, 0.1) is 6.04 Å². The number of rotatable bonds is 8. The monoisotopic (exact) mass is 462 g/mol. The Hall–Kier alpha value is -3.14. The minimum absolute atomic E-state index is 0.0491. The molecule has 1 heterocycles. The van der Waals surface area contributed by atoms with Gasteiger partial charge in [-0.1, -0.05) is 36.8 Å². The Labute approximate surface area is 185 Å². The average molecular weight is 463 g/mol. The van der Waals surface area contributed by atoms with E-state index in [9.17, 15) is 22.0 Å². The van der Waals surface area contributed by atoms with E-state index >= 15 is 0 Å². The van der Waals surface area contributed by atoms with E-state index < -0.39 is 39.2 Å². The van der Waals surface area contributed by atoms with Gasteiger partial charge in [0.1, 0.15) is 17.4 Å². The lowest BCUT2D eigenvalue weighted by Crippen LogP contribution is -2.33. The predicted molar refractivity (Wildman–Crippen MR) is 115 cm³/mol. The maximum atomic E-state index is 14.0. The summed E-state index contributed by atoms with van der Waals surface area (Å²) in [6, 6.07) is 9.56. The number of aromatic nitrogens is 3. The summed E-state index contributed by atoms with van der Waals surface area (Å²) in [5, 5.41) is 10.1. The van der Waals surface area contributed by atoms with Gasteiger partial charge in [-0.2, -0.15) is 0 Å². The van der Waals surface area contributed by atoms with Crippen LogP contribution in [0.4, 0.5) is 8.78 Å². The summed E-state index contributed by atoms with van der Waals surface area (Å²) in [6.45, 7) is 5.64. The standard InChI is InChI=1S/C22H24F2N4O3S/c1-4-10-28-21(16-7-5-6-14(2)11-16)26-27-22(28)32(30,31)13-20(29)25-15(3)18-9-8-17(23)12-19(18)24/h5-9,11-12,15H,4,10,13H2,1-3H3,(H,25,29)/t15-/m1/s1. The van der Waals surface area contributed by atoms with Gasteiger partial charge < -0.3 is 5.32 Å². The second-order valence-corrected chi connectivity index (χ2v) is 9.42. The van der Waals surface area contributed by atoms with Crippen LogP contribution in [0.2, 0.25) is 0 Å². The highest BCUT2D eigenvalue weighted by atomic mass is 32.2. The Bertz CT molecular complexity index is 1240. The highest BCUT2D eigenvalue weighted by molar-refractivity contribution is 7.92. The van der Waals surface area contributed by atoms with Crippen LogP contribution in [0.25, 0.3) is 11.4 Å². The van der Waals surface area contributed by atoms with Crippen LogP contribution in [-0.4, -0.2) is 34.8 Å². The molecule has 1 atom stereocenters. The van der Waals surface area contributed by atoms with Crippen molar-refractivity contribution in [1.82, 2.24) is 20.1 Å². The minimum Gasteiger partial charge on any atom is -0.349 e. The van der Waals surface area contributed by atoms with E-state index in [1.165, 1.54) is 17.6 Å². The number of nitrogens with one attached hydrogen (secondary N) is 1. The Kier molecular flexibility index (Phi) is 7.02. The molecule has 7 nitrogen and oxygen atoms in total. The van der Waals surface area contributed by atoms with Crippen LogP contribution in [0.15, 0.2) is 47.6 Å². The first-order chi connectivity index (χ1) is 15.1. The predicted octanol–water partition coefficient (Wildman–Crippen LogP) is 3.59. The van der Waals surface area contributed by atoms with Crippen LogP contribution in [0.5, 0.6) is 0 Å². The first-order valence-corrected chi connectivity index (χ1v) is 11.7. The summed E-state index contributed by atoms with van der Waals surface area (Å²) in [6.07, 6.45) is 0.631. The molecule has 0 fully saturated rings. The van der Waals surface area contributed by atoms with E-state index in [0.717, 1.165) is 17.2 Å². The Morgan fingerprint density at radius 3 is 2.56 bits per heavy atom. The van der Waals surface area contributed by atoms with E-state index in [-0.39, 0.29) is 10.7 Å². The van der Waals surface area contributed by atoms with E-state index in [2.05, 4.69) is 15.5 Å². The average Bonchev–Trinajstić information content (AvgIpc) is 3.12. The Balaban J connectivity index is 1.83. The third-order valence-electron chi connectivity index (χ3n) is 4.85.